The number of hydrogen-bond donors (Lipinski definition) is 1. The van der Waals surface area contributed by atoms with Crippen LogP contribution >= 0.6 is 11.8 Å². The average Bonchev–Trinajstić information content (AvgIpc) is 2.56. The van der Waals surface area contributed by atoms with Gasteiger partial charge in [0, 0.05) is 11.1 Å². The summed E-state index contributed by atoms with van der Waals surface area (Å²) in [4.78, 5) is 10.9. The number of carboxylic acid groups (broad SMARTS) is 1. The summed E-state index contributed by atoms with van der Waals surface area (Å²) in [6.45, 7) is 0. The van der Waals surface area contributed by atoms with Crippen LogP contribution in [0.15, 0.2) is 9.51 Å². The molecule has 0 aromatic carbocycles. The van der Waals surface area contributed by atoms with Gasteiger partial charge in [-0.3, -0.25) is 0 Å². The van der Waals surface area contributed by atoms with E-state index in [0.29, 0.717) is 0 Å². The predicted molar refractivity (Wildman–Crippen MR) is 54.1 cm³/mol. The highest BCUT2D eigenvalue weighted by atomic mass is 32.2. The van der Waals surface area contributed by atoms with E-state index in [0.717, 1.165) is 41.9 Å². The van der Waals surface area contributed by atoms with Crippen LogP contribution in [0, 0.1) is 0 Å². The fraction of sp³-hybridized carbons (Fsp3) is 0.500. The third-order valence-corrected chi connectivity index (χ3v) is 3.26. The first kappa shape index (κ1) is 9.65. The van der Waals surface area contributed by atoms with Crippen molar-refractivity contribution in [2.75, 3.05) is 6.26 Å². The van der Waals surface area contributed by atoms with Crippen molar-refractivity contribution in [1.29, 1.82) is 0 Å². The molecule has 1 aliphatic carbocycles. The lowest BCUT2D eigenvalue weighted by Crippen LogP contribution is -2.05. The van der Waals surface area contributed by atoms with Gasteiger partial charge in [-0.25, -0.2) is 4.79 Å². The summed E-state index contributed by atoms with van der Waals surface area (Å²) in [6.07, 6.45) is 5.93. The summed E-state index contributed by atoms with van der Waals surface area (Å²) >= 11 is 1.49. The van der Waals surface area contributed by atoms with Crippen molar-refractivity contribution in [3.05, 3.63) is 16.9 Å². The monoisotopic (exact) mass is 212 g/mol. The van der Waals surface area contributed by atoms with Gasteiger partial charge < -0.3 is 9.52 Å². The largest absolute Gasteiger partial charge is 0.475 e. The SMILES string of the molecule is CSc1oc(C(=O)O)c2c1CCCC2. The second kappa shape index (κ2) is 3.69. The number of hydrogen-bond acceptors (Lipinski definition) is 3. The molecule has 0 spiro atoms. The summed E-state index contributed by atoms with van der Waals surface area (Å²) in [6, 6.07) is 0. The minimum Gasteiger partial charge on any atom is -0.475 e. The molecule has 0 saturated heterocycles. The Balaban J connectivity index is 2.52. The zero-order chi connectivity index (χ0) is 10.1. The second-order valence-corrected chi connectivity index (χ2v) is 4.17. The predicted octanol–water partition coefficient (Wildman–Crippen LogP) is 2.58. The van der Waals surface area contributed by atoms with E-state index in [9.17, 15) is 4.79 Å². The van der Waals surface area contributed by atoms with Crippen LogP contribution in [0.3, 0.4) is 0 Å². The Morgan fingerprint density at radius 2 is 2.00 bits per heavy atom. The molecule has 4 heteroatoms. The fourth-order valence-corrected chi connectivity index (χ4v) is 2.57. The van der Waals surface area contributed by atoms with Crippen LogP contribution < -0.4 is 0 Å². The van der Waals surface area contributed by atoms with Crippen molar-refractivity contribution in [3.63, 3.8) is 0 Å². The first-order valence-corrected chi connectivity index (χ1v) is 5.88. The summed E-state index contributed by atoms with van der Waals surface area (Å²) in [5.74, 6) is -0.785. The van der Waals surface area contributed by atoms with E-state index in [1.807, 2.05) is 6.26 Å². The quantitative estimate of drug-likeness (QED) is 0.765. The maximum absolute atomic E-state index is 10.9. The Labute approximate surface area is 86.5 Å². The lowest BCUT2D eigenvalue weighted by atomic mass is 9.94. The molecule has 0 bridgehead atoms. The van der Waals surface area contributed by atoms with Crippen LogP contribution in [0.2, 0.25) is 0 Å². The van der Waals surface area contributed by atoms with Crippen molar-refractivity contribution in [1.82, 2.24) is 0 Å². The lowest BCUT2D eigenvalue weighted by molar-refractivity contribution is 0.0655. The summed E-state index contributed by atoms with van der Waals surface area (Å²) < 4.78 is 5.34. The first-order valence-electron chi connectivity index (χ1n) is 4.66. The molecule has 14 heavy (non-hydrogen) atoms. The van der Waals surface area contributed by atoms with Gasteiger partial charge in [0.25, 0.3) is 0 Å². The van der Waals surface area contributed by atoms with Gasteiger partial charge in [-0.05, 0) is 31.9 Å². The van der Waals surface area contributed by atoms with E-state index in [-0.39, 0.29) is 5.76 Å². The van der Waals surface area contributed by atoms with Crippen molar-refractivity contribution in [2.45, 2.75) is 30.8 Å². The topological polar surface area (TPSA) is 50.4 Å². The van der Waals surface area contributed by atoms with Gasteiger partial charge in [0.15, 0.2) is 5.09 Å². The molecule has 3 nitrogen and oxygen atoms in total. The van der Waals surface area contributed by atoms with Crippen LogP contribution in [0.1, 0.15) is 34.5 Å². The van der Waals surface area contributed by atoms with E-state index >= 15 is 0 Å². The number of aromatic carboxylic acids is 1. The second-order valence-electron chi connectivity index (χ2n) is 3.39. The molecular formula is C10H12O3S. The highest BCUT2D eigenvalue weighted by Gasteiger charge is 2.25. The molecule has 0 aliphatic heterocycles. The highest BCUT2D eigenvalue weighted by Crippen LogP contribution is 2.34. The zero-order valence-electron chi connectivity index (χ0n) is 8.00. The van der Waals surface area contributed by atoms with Crippen molar-refractivity contribution < 1.29 is 14.3 Å². The van der Waals surface area contributed by atoms with E-state index in [2.05, 4.69) is 0 Å². The van der Waals surface area contributed by atoms with Crippen LogP contribution in [-0.2, 0) is 12.8 Å². The van der Waals surface area contributed by atoms with Crippen molar-refractivity contribution in [2.24, 2.45) is 0 Å². The number of fused-ring (bicyclic) bond motifs is 1. The van der Waals surface area contributed by atoms with Crippen molar-refractivity contribution in [3.8, 4) is 0 Å². The summed E-state index contributed by atoms with van der Waals surface area (Å²) in [5.41, 5.74) is 2.05. The molecule has 1 aliphatic rings. The maximum Gasteiger partial charge on any atom is 0.372 e. The molecule has 2 rings (SSSR count). The van der Waals surface area contributed by atoms with Crippen molar-refractivity contribution >= 4 is 17.7 Å². The number of carbonyl (C=O) groups is 1. The number of furan rings is 1. The number of carboxylic acids is 1. The van der Waals surface area contributed by atoms with E-state index < -0.39 is 5.97 Å². The molecule has 0 amide bonds. The Bertz CT molecular complexity index is 368. The van der Waals surface area contributed by atoms with Gasteiger partial charge in [0.05, 0.1) is 0 Å². The van der Waals surface area contributed by atoms with Gasteiger partial charge in [0.1, 0.15) is 0 Å². The molecule has 0 atom stereocenters. The minimum absolute atomic E-state index is 0.157. The molecule has 0 unspecified atom stereocenters. The zero-order valence-corrected chi connectivity index (χ0v) is 8.82. The fourth-order valence-electron chi connectivity index (χ4n) is 1.93. The van der Waals surface area contributed by atoms with Gasteiger partial charge in [-0.15, -0.1) is 0 Å². The summed E-state index contributed by atoms with van der Waals surface area (Å²) in [7, 11) is 0. The molecule has 1 N–H and O–H groups in total. The molecule has 0 radical (unpaired) electrons. The Kier molecular flexibility index (Phi) is 2.54. The molecule has 1 heterocycles. The highest BCUT2D eigenvalue weighted by molar-refractivity contribution is 7.98. The Morgan fingerprint density at radius 1 is 1.36 bits per heavy atom. The van der Waals surface area contributed by atoms with E-state index in [4.69, 9.17) is 9.52 Å². The Morgan fingerprint density at radius 3 is 2.57 bits per heavy atom. The maximum atomic E-state index is 10.9. The van der Waals surface area contributed by atoms with E-state index in [1.165, 1.54) is 11.8 Å². The van der Waals surface area contributed by atoms with E-state index in [1.54, 1.807) is 0 Å². The standard InChI is InChI=1S/C10H12O3S/c1-14-10-7-5-3-2-4-6(7)8(13-10)9(11)12/h2-5H2,1H3,(H,11,12). The minimum atomic E-state index is -0.941. The van der Waals surface area contributed by atoms with Crippen LogP contribution in [0.4, 0.5) is 0 Å². The summed E-state index contributed by atoms with van der Waals surface area (Å²) in [5, 5.41) is 9.74. The molecular weight excluding hydrogens is 200 g/mol. The molecule has 1 aromatic rings. The lowest BCUT2D eigenvalue weighted by Gasteiger charge is -2.10. The van der Waals surface area contributed by atoms with Crippen LogP contribution in [-0.4, -0.2) is 17.3 Å². The Hall–Kier alpha value is -0.900. The average molecular weight is 212 g/mol. The molecule has 0 fully saturated rings. The third-order valence-electron chi connectivity index (χ3n) is 2.56. The number of rotatable bonds is 2. The smallest absolute Gasteiger partial charge is 0.372 e. The van der Waals surface area contributed by atoms with Crippen LogP contribution in [0.5, 0.6) is 0 Å². The normalized spacial score (nSPS) is 15.2. The van der Waals surface area contributed by atoms with Gasteiger partial charge >= 0.3 is 5.97 Å². The van der Waals surface area contributed by atoms with Gasteiger partial charge in [-0.1, -0.05) is 11.8 Å². The molecule has 0 saturated carbocycles. The molecule has 1 aromatic heterocycles. The third kappa shape index (κ3) is 1.43. The van der Waals surface area contributed by atoms with Gasteiger partial charge in [-0.2, -0.15) is 0 Å². The van der Waals surface area contributed by atoms with Gasteiger partial charge in [0.2, 0.25) is 5.76 Å². The van der Waals surface area contributed by atoms with Crippen LogP contribution in [0.25, 0.3) is 0 Å². The molecule has 76 valence electrons. The first-order chi connectivity index (χ1) is 6.74. The number of thioether (sulfide) groups is 1.